The van der Waals surface area contributed by atoms with Crippen LogP contribution in [0.5, 0.6) is 11.5 Å². The Balaban J connectivity index is 3.29. The predicted octanol–water partition coefficient (Wildman–Crippen LogP) is 1.52. The van der Waals surface area contributed by atoms with Gasteiger partial charge in [0.2, 0.25) is 10.0 Å². The van der Waals surface area contributed by atoms with Crippen LogP contribution in [0, 0.1) is 0 Å². The standard InChI is InChI=1S/C12H18BrNO5S/c1-4-8(7-15)14-20(16,17)12-6-10(18-2)9(13)5-11(12)19-3/h5-6,8,14-15H,4,7H2,1-3H3/t8-/m1/s1. The maximum atomic E-state index is 12.3. The monoisotopic (exact) mass is 367 g/mol. The molecule has 1 aromatic carbocycles. The lowest BCUT2D eigenvalue weighted by Gasteiger charge is -2.17. The Hall–Kier alpha value is -0.830. The third kappa shape index (κ3) is 3.85. The van der Waals surface area contributed by atoms with Gasteiger partial charge in [0.15, 0.2) is 0 Å². The van der Waals surface area contributed by atoms with E-state index in [-0.39, 0.29) is 17.3 Å². The fourth-order valence-corrected chi connectivity index (χ4v) is 3.54. The quantitative estimate of drug-likeness (QED) is 0.762. The molecular formula is C12H18BrNO5S. The van der Waals surface area contributed by atoms with E-state index >= 15 is 0 Å². The summed E-state index contributed by atoms with van der Waals surface area (Å²) in [6.07, 6.45) is 0.478. The molecule has 8 heteroatoms. The van der Waals surface area contributed by atoms with Gasteiger partial charge in [0, 0.05) is 12.1 Å². The Morgan fingerprint density at radius 1 is 1.30 bits per heavy atom. The lowest BCUT2D eigenvalue weighted by Crippen LogP contribution is -2.37. The summed E-state index contributed by atoms with van der Waals surface area (Å²) in [5.41, 5.74) is 0. The van der Waals surface area contributed by atoms with Gasteiger partial charge in [-0.25, -0.2) is 13.1 Å². The van der Waals surface area contributed by atoms with E-state index in [0.29, 0.717) is 16.6 Å². The Morgan fingerprint density at radius 2 is 1.90 bits per heavy atom. The number of ether oxygens (including phenoxy) is 2. The fraction of sp³-hybridized carbons (Fsp3) is 0.500. The molecule has 0 unspecified atom stereocenters. The summed E-state index contributed by atoms with van der Waals surface area (Å²) in [7, 11) is -0.983. The molecule has 1 aromatic rings. The Morgan fingerprint density at radius 3 is 2.35 bits per heavy atom. The molecule has 0 aromatic heterocycles. The molecule has 0 saturated carbocycles. The average Bonchev–Trinajstić information content (AvgIpc) is 2.44. The molecule has 2 N–H and O–H groups in total. The summed E-state index contributed by atoms with van der Waals surface area (Å²) >= 11 is 3.27. The summed E-state index contributed by atoms with van der Waals surface area (Å²) in [4.78, 5) is -0.0352. The van der Waals surface area contributed by atoms with Gasteiger partial charge >= 0.3 is 0 Å². The molecule has 0 radical (unpaired) electrons. The molecule has 20 heavy (non-hydrogen) atoms. The first kappa shape index (κ1) is 17.2. The van der Waals surface area contributed by atoms with Crippen molar-refractivity contribution in [1.82, 2.24) is 4.72 Å². The highest BCUT2D eigenvalue weighted by Gasteiger charge is 2.24. The van der Waals surface area contributed by atoms with E-state index in [1.807, 2.05) is 0 Å². The number of halogens is 1. The van der Waals surface area contributed by atoms with Gasteiger partial charge in [0.05, 0.1) is 25.3 Å². The minimum absolute atomic E-state index is 0.0352. The van der Waals surface area contributed by atoms with Crippen molar-refractivity contribution in [3.63, 3.8) is 0 Å². The van der Waals surface area contributed by atoms with E-state index in [4.69, 9.17) is 14.6 Å². The molecule has 0 saturated heterocycles. The number of methoxy groups -OCH3 is 2. The molecule has 114 valence electrons. The summed E-state index contributed by atoms with van der Waals surface area (Å²) < 4.78 is 37.9. The Kier molecular flexibility index (Phi) is 6.25. The van der Waals surface area contributed by atoms with Crippen LogP contribution in [-0.4, -0.2) is 40.4 Å². The van der Waals surface area contributed by atoms with Crippen molar-refractivity contribution in [2.24, 2.45) is 0 Å². The van der Waals surface area contributed by atoms with Crippen LogP contribution in [-0.2, 0) is 10.0 Å². The number of hydrogen-bond acceptors (Lipinski definition) is 5. The van der Waals surface area contributed by atoms with Crippen LogP contribution < -0.4 is 14.2 Å². The molecule has 1 rings (SSSR count). The first-order valence-corrected chi connectivity index (χ1v) is 8.21. The number of rotatable bonds is 7. The Bertz CT molecular complexity index is 557. The zero-order chi connectivity index (χ0) is 15.3. The molecule has 0 amide bonds. The molecular weight excluding hydrogens is 350 g/mol. The lowest BCUT2D eigenvalue weighted by atomic mass is 10.3. The van der Waals surface area contributed by atoms with E-state index in [0.717, 1.165) is 0 Å². The number of benzene rings is 1. The summed E-state index contributed by atoms with van der Waals surface area (Å²) in [6.45, 7) is 1.51. The van der Waals surface area contributed by atoms with Crippen molar-refractivity contribution in [2.45, 2.75) is 24.3 Å². The van der Waals surface area contributed by atoms with Crippen molar-refractivity contribution < 1.29 is 23.0 Å². The molecule has 0 spiro atoms. The van der Waals surface area contributed by atoms with Gasteiger partial charge in [-0.05, 0) is 28.4 Å². The number of nitrogens with one attached hydrogen (secondary N) is 1. The number of hydrogen-bond donors (Lipinski definition) is 2. The van der Waals surface area contributed by atoms with Gasteiger partial charge in [-0.2, -0.15) is 0 Å². The zero-order valence-corrected chi connectivity index (χ0v) is 13.9. The minimum Gasteiger partial charge on any atom is -0.496 e. The zero-order valence-electron chi connectivity index (χ0n) is 11.5. The first-order chi connectivity index (χ1) is 9.39. The third-order valence-corrected chi connectivity index (χ3v) is 4.92. The second-order valence-electron chi connectivity index (χ2n) is 4.05. The fourth-order valence-electron chi connectivity index (χ4n) is 1.58. The van der Waals surface area contributed by atoms with Crippen molar-refractivity contribution >= 4 is 26.0 Å². The molecule has 0 aliphatic carbocycles. The first-order valence-electron chi connectivity index (χ1n) is 5.94. The SMILES string of the molecule is CC[C@H](CO)NS(=O)(=O)c1cc(OC)c(Br)cc1OC. The van der Waals surface area contributed by atoms with Crippen LogP contribution in [0.2, 0.25) is 0 Å². The van der Waals surface area contributed by atoms with Gasteiger partial charge in [-0.15, -0.1) is 0 Å². The van der Waals surface area contributed by atoms with Gasteiger partial charge in [-0.3, -0.25) is 0 Å². The van der Waals surface area contributed by atoms with Crippen LogP contribution >= 0.6 is 15.9 Å². The summed E-state index contributed by atoms with van der Waals surface area (Å²) in [5.74, 6) is 0.571. The van der Waals surface area contributed by atoms with E-state index in [1.165, 1.54) is 26.4 Å². The molecule has 0 bridgehead atoms. The molecule has 0 aliphatic heterocycles. The topological polar surface area (TPSA) is 84.9 Å². The highest BCUT2D eigenvalue weighted by Crippen LogP contribution is 2.35. The number of aliphatic hydroxyl groups excluding tert-OH is 1. The molecule has 0 fully saturated rings. The van der Waals surface area contributed by atoms with Crippen LogP contribution in [0.3, 0.4) is 0 Å². The normalized spacial score (nSPS) is 13.1. The molecule has 0 aliphatic rings. The van der Waals surface area contributed by atoms with Crippen molar-refractivity contribution in [3.05, 3.63) is 16.6 Å². The molecule has 6 nitrogen and oxygen atoms in total. The summed E-state index contributed by atoms with van der Waals surface area (Å²) in [6, 6.07) is 2.35. The molecule has 1 atom stereocenters. The maximum absolute atomic E-state index is 12.3. The van der Waals surface area contributed by atoms with E-state index in [2.05, 4.69) is 20.7 Å². The largest absolute Gasteiger partial charge is 0.496 e. The van der Waals surface area contributed by atoms with Crippen LogP contribution in [0.25, 0.3) is 0 Å². The highest BCUT2D eigenvalue weighted by atomic mass is 79.9. The van der Waals surface area contributed by atoms with Crippen LogP contribution in [0.1, 0.15) is 13.3 Å². The number of aliphatic hydroxyl groups is 1. The van der Waals surface area contributed by atoms with Gasteiger partial charge in [0.25, 0.3) is 0 Å². The van der Waals surface area contributed by atoms with Gasteiger partial charge in [-0.1, -0.05) is 6.92 Å². The van der Waals surface area contributed by atoms with Crippen molar-refractivity contribution in [1.29, 1.82) is 0 Å². The Labute approximate surface area is 127 Å². The van der Waals surface area contributed by atoms with E-state index in [1.54, 1.807) is 6.92 Å². The van der Waals surface area contributed by atoms with Gasteiger partial charge < -0.3 is 14.6 Å². The second-order valence-corrected chi connectivity index (χ2v) is 6.58. The lowest BCUT2D eigenvalue weighted by molar-refractivity contribution is 0.253. The van der Waals surface area contributed by atoms with Crippen molar-refractivity contribution in [2.75, 3.05) is 20.8 Å². The molecule has 0 heterocycles. The third-order valence-electron chi connectivity index (χ3n) is 2.76. The average molecular weight is 368 g/mol. The van der Waals surface area contributed by atoms with E-state index < -0.39 is 16.1 Å². The van der Waals surface area contributed by atoms with Crippen molar-refractivity contribution in [3.8, 4) is 11.5 Å². The summed E-state index contributed by atoms with van der Waals surface area (Å²) in [5, 5.41) is 9.12. The smallest absolute Gasteiger partial charge is 0.244 e. The second kappa shape index (κ2) is 7.26. The minimum atomic E-state index is -3.81. The number of sulfonamides is 1. The predicted molar refractivity (Wildman–Crippen MR) is 78.7 cm³/mol. The van der Waals surface area contributed by atoms with Crippen LogP contribution in [0.15, 0.2) is 21.5 Å². The highest BCUT2D eigenvalue weighted by molar-refractivity contribution is 9.10. The van der Waals surface area contributed by atoms with Crippen LogP contribution in [0.4, 0.5) is 0 Å². The van der Waals surface area contributed by atoms with E-state index in [9.17, 15) is 8.42 Å². The van der Waals surface area contributed by atoms with Gasteiger partial charge in [0.1, 0.15) is 16.4 Å². The maximum Gasteiger partial charge on any atom is 0.244 e.